The fourth-order valence-electron chi connectivity index (χ4n) is 1.95. The topological polar surface area (TPSA) is 96.1 Å². The molecule has 0 aliphatic carbocycles. The van der Waals surface area contributed by atoms with E-state index in [-0.39, 0.29) is 12.1 Å². The van der Waals surface area contributed by atoms with Crippen molar-refractivity contribution in [3.8, 4) is 0 Å². The molecule has 1 rings (SSSR count). The molecule has 0 saturated carbocycles. The standard InChI is InChI=1S/C12H23N5O/c1-4-5-10-11(14-7-15-12(10)17-13)16-8(2)6-9(3)18/h7-9,18H,4-6,13H2,1-3H3,(H2,14,15,16,17). The van der Waals surface area contributed by atoms with E-state index >= 15 is 0 Å². The maximum Gasteiger partial charge on any atom is 0.148 e. The van der Waals surface area contributed by atoms with E-state index in [0.717, 1.165) is 24.2 Å². The maximum absolute atomic E-state index is 9.37. The van der Waals surface area contributed by atoms with Crippen LogP contribution < -0.4 is 16.6 Å². The van der Waals surface area contributed by atoms with Gasteiger partial charge in [0.2, 0.25) is 0 Å². The first kappa shape index (κ1) is 14.7. The zero-order valence-electron chi connectivity index (χ0n) is 11.3. The van der Waals surface area contributed by atoms with Crippen LogP contribution in [-0.4, -0.2) is 27.2 Å². The molecule has 2 atom stereocenters. The highest BCUT2D eigenvalue weighted by Crippen LogP contribution is 2.22. The molecule has 0 amide bonds. The minimum Gasteiger partial charge on any atom is -0.393 e. The van der Waals surface area contributed by atoms with Crippen molar-refractivity contribution in [1.82, 2.24) is 9.97 Å². The van der Waals surface area contributed by atoms with Crippen molar-refractivity contribution >= 4 is 11.6 Å². The predicted octanol–water partition coefficient (Wildman–Crippen LogP) is 1.29. The number of nitrogen functional groups attached to an aromatic ring is 1. The summed E-state index contributed by atoms with van der Waals surface area (Å²) in [5, 5.41) is 12.7. The van der Waals surface area contributed by atoms with E-state index in [2.05, 4.69) is 27.6 Å². The monoisotopic (exact) mass is 253 g/mol. The van der Waals surface area contributed by atoms with Gasteiger partial charge in [0.1, 0.15) is 18.0 Å². The third-order valence-corrected chi connectivity index (χ3v) is 2.66. The third kappa shape index (κ3) is 4.12. The molecular formula is C12H23N5O. The fourth-order valence-corrected chi connectivity index (χ4v) is 1.95. The summed E-state index contributed by atoms with van der Waals surface area (Å²) in [5.74, 6) is 6.89. The molecule has 0 bridgehead atoms. The van der Waals surface area contributed by atoms with Crippen molar-refractivity contribution in [2.75, 3.05) is 10.7 Å². The fraction of sp³-hybridized carbons (Fsp3) is 0.667. The summed E-state index contributed by atoms with van der Waals surface area (Å²) in [6.45, 7) is 5.88. The predicted molar refractivity (Wildman–Crippen MR) is 73.2 cm³/mol. The van der Waals surface area contributed by atoms with E-state index < -0.39 is 0 Å². The van der Waals surface area contributed by atoms with Gasteiger partial charge in [0, 0.05) is 11.6 Å². The lowest BCUT2D eigenvalue weighted by Gasteiger charge is -2.19. The number of nitrogens with zero attached hydrogens (tertiary/aromatic N) is 2. The molecule has 1 heterocycles. The minimum atomic E-state index is -0.337. The molecule has 0 saturated heterocycles. The quantitative estimate of drug-likeness (QED) is 0.432. The molecule has 2 unspecified atom stereocenters. The molecule has 1 aromatic heterocycles. The molecule has 0 aliphatic rings. The third-order valence-electron chi connectivity index (χ3n) is 2.66. The average Bonchev–Trinajstić information content (AvgIpc) is 2.30. The van der Waals surface area contributed by atoms with Gasteiger partial charge in [-0.1, -0.05) is 13.3 Å². The van der Waals surface area contributed by atoms with Crippen LogP contribution in [0, 0.1) is 0 Å². The summed E-state index contributed by atoms with van der Waals surface area (Å²) in [6.07, 6.45) is 3.65. The minimum absolute atomic E-state index is 0.140. The van der Waals surface area contributed by atoms with Gasteiger partial charge in [-0.05, 0) is 26.7 Å². The Morgan fingerprint density at radius 1 is 1.33 bits per heavy atom. The van der Waals surface area contributed by atoms with Crippen LogP contribution in [0.25, 0.3) is 0 Å². The first-order chi connectivity index (χ1) is 8.58. The highest BCUT2D eigenvalue weighted by Gasteiger charge is 2.13. The lowest BCUT2D eigenvalue weighted by molar-refractivity contribution is 0.179. The zero-order chi connectivity index (χ0) is 13.5. The molecule has 1 aromatic rings. The molecule has 0 aliphatic heterocycles. The molecule has 0 aromatic carbocycles. The van der Waals surface area contributed by atoms with Crippen LogP contribution in [0.3, 0.4) is 0 Å². The number of hydrazine groups is 1. The average molecular weight is 253 g/mol. The summed E-state index contributed by atoms with van der Waals surface area (Å²) < 4.78 is 0. The molecule has 102 valence electrons. The number of rotatable bonds is 7. The van der Waals surface area contributed by atoms with Crippen molar-refractivity contribution < 1.29 is 5.11 Å². The Bertz CT molecular complexity index is 369. The van der Waals surface area contributed by atoms with Gasteiger partial charge >= 0.3 is 0 Å². The van der Waals surface area contributed by atoms with Gasteiger partial charge in [-0.3, -0.25) is 0 Å². The highest BCUT2D eigenvalue weighted by molar-refractivity contribution is 5.57. The number of aliphatic hydroxyl groups excluding tert-OH is 1. The van der Waals surface area contributed by atoms with Gasteiger partial charge in [0.15, 0.2) is 0 Å². The van der Waals surface area contributed by atoms with E-state index in [0.29, 0.717) is 12.2 Å². The second-order valence-corrected chi connectivity index (χ2v) is 4.57. The van der Waals surface area contributed by atoms with Crippen LogP contribution >= 0.6 is 0 Å². The Kier molecular flexibility index (Phi) is 5.80. The highest BCUT2D eigenvalue weighted by atomic mass is 16.3. The van der Waals surface area contributed by atoms with Gasteiger partial charge in [-0.2, -0.15) is 0 Å². The van der Waals surface area contributed by atoms with Gasteiger partial charge in [-0.15, -0.1) is 0 Å². The second-order valence-electron chi connectivity index (χ2n) is 4.57. The second kappa shape index (κ2) is 7.13. The van der Waals surface area contributed by atoms with Crippen LogP contribution in [-0.2, 0) is 6.42 Å². The first-order valence-corrected chi connectivity index (χ1v) is 6.33. The van der Waals surface area contributed by atoms with Gasteiger partial charge in [0.05, 0.1) is 6.10 Å². The number of aromatic nitrogens is 2. The molecule has 0 radical (unpaired) electrons. The van der Waals surface area contributed by atoms with Crippen LogP contribution in [0.4, 0.5) is 11.6 Å². The van der Waals surface area contributed by atoms with Gasteiger partial charge in [-0.25, -0.2) is 15.8 Å². The Morgan fingerprint density at radius 3 is 2.56 bits per heavy atom. The molecule has 0 fully saturated rings. The number of hydrogen-bond donors (Lipinski definition) is 4. The number of nitrogens with two attached hydrogens (primary N) is 1. The number of anilines is 2. The van der Waals surface area contributed by atoms with Crippen molar-refractivity contribution in [3.63, 3.8) is 0 Å². The summed E-state index contributed by atoms with van der Waals surface area (Å²) >= 11 is 0. The lowest BCUT2D eigenvalue weighted by atomic mass is 10.1. The summed E-state index contributed by atoms with van der Waals surface area (Å²) in [4.78, 5) is 8.36. The van der Waals surface area contributed by atoms with Crippen LogP contribution in [0.15, 0.2) is 6.33 Å². The SMILES string of the molecule is CCCc1c(NN)ncnc1NC(C)CC(C)O. The molecule has 18 heavy (non-hydrogen) atoms. The smallest absolute Gasteiger partial charge is 0.148 e. The molecule has 5 N–H and O–H groups in total. The molecule has 6 heteroatoms. The Labute approximate surface area is 108 Å². The Balaban J connectivity index is 2.86. The van der Waals surface area contributed by atoms with E-state index in [1.54, 1.807) is 6.92 Å². The summed E-state index contributed by atoms with van der Waals surface area (Å²) in [5.41, 5.74) is 3.58. The lowest BCUT2D eigenvalue weighted by Crippen LogP contribution is -2.23. The largest absolute Gasteiger partial charge is 0.393 e. The molecule has 0 spiro atoms. The van der Waals surface area contributed by atoms with Crippen molar-refractivity contribution in [2.45, 2.75) is 52.2 Å². The van der Waals surface area contributed by atoms with Crippen molar-refractivity contribution in [1.29, 1.82) is 0 Å². The normalized spacial score (nSPS) is 14.1. The zero-order valence-corrected chi connectivity index (χ0v) is 11.3. The summed E-state index contributed by atoms with van der Waals surface area (Å²) in [6, 6.07) is 0.140. The van der Waals surface area contributed by atoms with E-state index in [1.807, 2.05) is 6.92 Å². The van der Waals surface area contributed by atoms with Gasteiger partial charge in [0.25, 0.3) is 0 Å². The van der Waals surface area contributed by atoms with Crippen molar-refractivity contribution in [3.05, 3.63) is 11.9 Å². The van der Waals surface area contributed by atoms with Crippen LogP contribution in [0.5, 0.6) is 0 Å². The van der Waals surface area contributed by atoms with Gasteiger partial charge < -0.3 is 15.8 Å². The Hall–Kier alpha value is -1.40. The van der Waals surface area contributed by atoms with Crippen LogP contribution in [0.2, 0.25) is 0 Å². The Morgan fingerprint density at radius 2 is 2.00 bits per heavy atom. The molecule has 6 nitrogen and oxygen atoms in total. The number of aliphatic hydroxyl groups is 1. The van der Waals surface area contributed by atoms with Crippen LogP contribution in [0.1, 0.15) is 39.2 Å². The maximum atomic E-state index is 9.37. The van der Waals surface area contributed by atoms with E-state index in [4.69, 9.17) is 5.84 Å². The molecular weight excluding hydrogens is 230 g/mol. The number of hydrogen-bond acceptors (Lipinski definition) is 6. The first-order valence-electron chi connectivity index (χ1n) is 6.33. The number of nitrogens with one attached hydrogen (secondary N) is 2. The van der Waals surface area contributed by atoms with Crippen molar-refractivity contribution in [2.24, 2.45) is 5.84 Å². The van der Waals surface area contributed by atoms with E-state index in [1.165, 1.54) is 6.33 Å². The summed E-state index contributed by atoms with van der Waals surface area (Å²) in [7, 11) is 0. The van der Waals surface area contributed by atoms with E-state index in [9.17, 15) is 5.11 Å².